The van der Waals surface area contributed by atoms with Crippen LogP contribution in [0.3, 0.4) is 0 Å². The summed E-state index contributed by atoms with van der Waals surface area (Å²) >= 11 is 0. The zero-order valence-corrected chi connectivity index (χ0v) is 16.7. The van der Waals surface area contributed by atoms with Crippen molar-refractivity contribution < 1.29 is 19.1 Å². The van der Waals surface area contributed by atoms with Gasteiger partial charge in [0.1, 0.15) is 5.60 Å². The zero-order valence-electron chi connectivity index (χ0n) is 16.7. The first-order chi connectivity index (χ1) is 12.2. The number of methoxy groups -OCH3 is 1. The number of rotatable bonds is 8. The number of carbonyl (C=O) groups is 2. The second-order valence-corrected chi connectivity index (χ2v) is 7.46. The molecule has 0 saturated heterocycles. The molecule has 0 bridgehead atoms. The van der Waals surface area contributed by atoms with Crippen molar-refractivity contribution in [3.8, 4) is 0 Å². The van der Waals surface area contributed by atoms with Gasteiger partial charge in [0, 0.05) is 19.1 Å². The molecule has 1 rings (SSSR count). The SMILES string of the molecule is CC[C@H](C)[C@@H](CNCc1cccc(C(=O)OC)c1)NC(=O)OC(C)(C)C. The lowest BCUT2D eigenvalue weighted by Crippen LogP contribution is -2.47. The van der Waals surface area contributed by atoms with Crippen LogP contribution >= 0.6 is 0 Å². The summed E-state index contributed by atoms with van der Waals surface area (Å²) in [4.78, 5) is 23.7. The minimum absolute atomic E-state index is 0.0429. The van der Waals surface area contributed by atoms with Gasteiger partial charge in [-0.15, -0.1) is 0 Å². The highest BCUT2D eigenvalue weighted by Crippen LogP contribution is 2.11. The van der Waals surface area contributed by atoms with Gasteiger partial charge in [0.2, 0.25) is 0 Å². The molecule has 26 heavy (non-hydrogen) atoms. The molecular formula is C20H32N2O4. The van der Waals surface area contributed by atoms with Gasteiger partial charge in [0.25, 0.3) is 0 Å². The van der Waals surface area contributed by atoms with Crippen molar-refractivity contribution in [2.45, 2.75) is 59.2 Å². The molecule has 2 atom stereocenters. The molecule has 0 aliphatic carbocycles. The maximum atomic E-state index is 12.1. The highest BCUT2D eigenvalue weighted by Gasteiger charge is 2.22. The van der Waals surface area contributed by atoms with E-state index in [-0.39, 0.29) is 12.0 Å². The van der Waals surface area contributed by atoms with Gasteiger partial charge < -0.3 is 20.1 Å². The first-order valence-electron chi connectivity index (χ1n) is 9.03. The van der Waals surface area contributed by atoms with Crippen molar-refractivity contribution in [1.29, 1.82) is 0 Å². The van der Waals surface area contributed by atoms with E-state index in [1.165, 1.54) is 7.11 Å². The fraction of sp³-hybridized carbons (Fsp3) is 0.600. The van der Waals surface area contributed by atoms with E-state index in [4.69, 9.17) is 9.47 Å². The number of alkyl carbamates (subject to hydrolysis) is 1. The Kier molecular flexibility index (Phi) is 8.58. The Morgan fingerprint density at radius 2 is 1.92 bits per heavy atom. The van der Waals surface area contributed by atoms with E-state index in [0.717, 1.165) is 12.0 Å². The lowest BCUT2D eigenvalue weighted by Gasteiger charge is -2.27. The molecule has 0 unspecified atom stereocenters. The van der Waals surface area contributed by atoms with Crippen molar-refractivity contribution in [3.05, 3.63) is 35.4 Å². The Morgan fingerprint density at radius 1 is 1.23 bits per heavy atom. The van der Waals surface area contributed by atoms with Crippen LogP contribution in [0.1, 0.15) is 57.0 Å². The number of esters is 1. The van der Waals surface area contributed by atoms with Crippen LogP contribution in [0.15, 0.2) is 24.3 Å². The van der Waals surface area contributed by atoms with Gasteiger partial charge >= 0.3 is 12.1 Å². The molecule has 0 radical (unpaired) electrons. The normalized spacial score (nSPS) is 13.6. The van der Waals surface area contributed by atoms with Gasteiger partial charge in [0.05, 0.1) is 12.7 Å². The monoisotopic (exact) mass is 364 g/mol. The highest BCUT2D eigenvalue weighted by molar-refractivity contribution is 5.89. The van der Waals surface area contributed by atoms with Crippen molar-refractivity contribution in [1.82, 2.24) is 10.6 Å². The van der Waals surface area contributed by atoms with Crippen LogP contribution in [0.4, 0.5) is 4.79 Å². The fourth-order valence-corrected chi connectivity index (χ4v) is 2.44. The molecule has 6 heteroatoms. The third-order valence-electron chi connectivity index (χ3n) is 4.07. The van der Waals surface area contributed by atoms with Crippen molar-refractivity contribution in [2.75, 3.05) is 13.7 Å². The molecule has 2 N–H and O–H groups in total. The van der Waals surface area contributed by atoms with Gasteiger partial charge in [-0.25, -0.2) is 9.59 Å². The minimum Gasteiger partial charge on any atom is -0.465 e. The third-order valence-corrected chi connectivity index (χ3v) is 4.07. The first-order valence-corrected chi connectivity index (χ1v) is 9.03. The highest BCUT2D eigenvalue weighted by atomic mass is 16.6. The molecular weight excluding hydrogens is 332 g/mol. The molecule has 0 aliphatic rings. The molecule has 1 amide bonds. The lowest BCUT2D eigenvalue weighted by molar-refractivity contribution is 0.0486. The quantitative estimate of drug-likeness (QED) is 0.691. The molecule has 0 aliphatic heterocycles. The Balaban J connectivity index is 2.62. The summed E-state index contributed by atoms with van der Waals surface area (Å²) in [6, 6.07) is 7.26. The standard InChI is InChI=1S/C20H32N2O4/c1-7-14(2)17(22-19(24)26-20(3,4)5)13-21-12-15-9-8-10-16(11-15)18(23)25-6/h8-11,14,17,21H,7,12-13H2,1-6H3,(H,22,24)/t14-,17+/m0/s1. The minimum atomic E-state index is -0.522. The number of nitrogens with one attached hydrogen (secondary N) is 2. The van der Waals surface area contributed by atoms with Crippen LogP contribution in [-0.2, 0) is 16.0 Å². The van der Waals surface area contributed by atoms with Crippen LogP contribution in [-0.4, -0.2) is 37.4 Å². The average molecular weight is 364 g/mol. The van der Waals surface area contributed by atoms with Gasteiger partial charge in [-0.3, -0.25) is 0 Å². The topological polar surface area (TPSA) is 76.7 Å². The van der Waals surface area contributed by atoms with E-state index in [0.29, 0.717) is 24.6 Å². The summed E-state index contributed by atoms with van der Waals surface area (Å²) in [5, 5.41) is 6.30. The predicted octanol–water partition coefficient (Wildman–Crippen LogP) is 3.50. The van der Waals surface area contributed by atoms with Gasteiger partial charge in [0.15, 0.2) is 0 Å². The Labute approximate surface area is 156 Å². The Hall–Kier alpha value is -2.08. The second-order valence-electron chi connectivity index (χ2n) is 7.46. The van der Waals surface area contributed by atoms with E-state index < -0.39 is 11.7 Å². The van der Waals surface area contributed by atoms with Crippen LogP contribution in [0.5, 0.6) is 0 Å². The molecule has 0 saturated carbocycles. The van der Waals surface area contributed by atoms with E-state index in [2.05, 4.69) is 24.5 Å². The van der Waals surface area contributed by atoms with Crippen molar-refractivity contribution >= 4 is 12.1 Å². The van der Waals surface area contributed by atoms with Crippen molar-refractivity contribution in [3.63, 3.8) is 0 Å². The van der Waals surface area contributed by atoms with Crippen molar-refractivity contribution in [2.24, 2.45) is 5.92 Å². The van der Waals surface area contributed by atoms with Gasteiger partial charge in [-0.1, -0.05) is 32.4 Å². The van der Waals surface area contributed by atoms with Gasteiger partial charge in [-0.2, -0.15) is 0 Å². The average Bonchev–Trinajstić information content (AvgIpc) is 2.58. The van der Waals surface area contributed by atoms with Crippen LogP contribution in [0, 0.1) is 5.92 Å². The van der Waals surface area contributed by atoms with Gasteiger partial charge in [-0.05, 0) is 44.4 Å². The molecule has 1 aromatic rings. The van der Waals surface area contributed by atoms with Crippen LogP contribution in [0.2, 0.25) is 0 Å². The number of amides is 1. The molecule has 146 valence electrons. The smallest absolute Gasteiger partial charge is 0.407 e. The number of hydrogen-bond acceptors (Lipinski definition) is 5. The molecule has 0 fully saturated rings. The Morgan fingerprint density at radius 3 is 2.50 bits per heavy atom. The van der Waals surface area contributed by atoms with E-state index in [9.17, 15) is 9.59 Å². The first kappa shape index (κ1) is 22.0. The lowest BCUT2D eigenvalue weighted by atomic mass is 9.99. The summed E-state index contributed by atoms with van der Waals surface area (Å²) < 4.78 is 10.1. The third kappa shape index (κ3) is 7.87. The van der Waals surface area contributed by atoms with Crippen LogP contribution < -0.4 is 10.6 Å². The maximum absolute atomic E-state index is 12.1. The zero-order chi connectivity index (χ0) is 19.7. The summed E-state index contributed by atoms with van der Waals surface area (Å²) in [6.45, 7) is 10.9. The number of ether oxygens (including phenoxy) is 2. The maximum Gasteiger partial charge on any atom is 0.407 e. The number of benzene rings is 1. The largest absolute Gasteiger partial charge is 0.465 e. The number of hydrogen-bond donors (Lipinski definition) is 2. The molecule has 0 aromatic heterocycles. The summed E-state index contributed by atoms with van der Waals surface area (Å²) in [5.41, 5.74) is 0.983. The van der Waals surface area contributed by atoms with E-state index >= 15 is 0 Å². The summed E-state index contributed by atoms with van der Waals surface area (Å²) in [7, 11) is 1.37. The van der Waals surface area contributed by atoms with Crippen LogP contribution in [0.25, 0.3) is 0 Å². The summed E-state index contributed by atoms with van der Waals surface area (Å²) in [5.74, 6) is -0.0488. The fourth-order valence-electron chi connectivity index (χ4n) is 2.44. The molecule has 6 nitrogen and oxygen atoms in total. The predicted molar refractivity (Wildman–Crippen MR) is 102 cm³/mol. The number of carbonyl (C=O) groups excluding carboxylic acids is 2. The molecule has 0 heterocycles. The van der Waals surface area contributed by atoms with E-state index in [1.54, 1.807) is 12.1 Å². The van der Waals surface area contributed by atoms with E-state index in [1.807, 2.05) is 32.9 Å². The summed E-state index contributed by atoms with van der Waals surface area (Å²) in [6.07, 6.45) is 0.539. The second kappa shape index (κ2) is 10.2. The molecule has 1 aromatic carbocycles. The molecule has 0 spiro atoms. The Bertz CT molecular complexity index is 596.